The third kappa shape index (κ3) is 2.00. The van der Waals surface area contributed by atoms with E-state index >= 15 is 0 Å². The van der Waals surface area contributed by atoms with Crippen molar-refractivity contribution in [2.45, 2.75) is 24.5 Å². The molecule has 0 bridgehead atoms. The van der Waals surface area contributed by atoms with E-state index in [0.717, 1.165) is 0 Å². The highest BCUT2D eigenvalue weighted by Gasteiger charge is 2.42. The second-order valence-corrected chi connectivity index (χ2v) is 3.60. The van der Waals surface area contributed by atoms with Gasteiger partial charge in [0.2, 0.25) is 0 Å². The number of pyridine rings is 1. The summed E-state index contributed by atoms with van der Waals surface area (Å²) in [6.07, 6.45) is -0.501. The van der Waals surface area contributed by atoms with Crippen LogP contribution in [0.5, 0.6) is 0 Å². The van der Waals surface area contributed by atoms with Crippen LogP contribution in [0.3, 0.4) is 0 Å². The fourth-order valence-corrected chi connectivity index (χ4v) is 1.63. The summed E-state index contributed by atoms with van der Waals surface area (Å²) in [6.45, 7) is 0.0186. The molecule has 0 radical (unpaired) electrons. The maximum absolute atomic E-state index is 9.71. The Morgan fingerprint density at radius 2 is 1.67 bits per heavy atom. The molecule has 82 valence electrons. The maximum atomic E-state index is 9.71. The summed E-state index contributed by atoms with van der Waals surface area (Å²) in [5.74, 6) is 0. The van der Waals surface area contributed by atoms with Gasteiger partial charge in [0.05, 0.1) is 6.61 Å². The van der Waals surface area contributed by atoms with Crippen molar-refractivity contribution in [2.75, 3.05) is 6.61 Å². The number of nitrogens with zero attached hydrogens (tertiary/aromatic N) is 1. The van der Waals surface area contributed by atoms with Crippen LogP contribution in [0.25, 0.3) is 0 Å². The zero-order valence-corrected chi connectivity index (χ0v) is 8.10. The number of rotatable bonds is 1. The molecule has 0 amide bonds. The quantitative estimate of drug-likeness (QED) is 0.500. The van der Waals surface area contributed by atoms with Gasteiger partial charge in [-0.3, -0.25) is 0 Å². The molecule has 2 rings (SSSR count). The van der Waals surface area contributed by atoms with E-state index in [1.54, 1.807) is 29.1 Å². The molecule has 1 aliphatic rings. The normalized spacial score (nSPS) is 36.5. The lowest BCUT2D eigenvalue weighted by atomic mass is 10.0. The van der Waals surface area contributed by atoms with Gasteiger partial charge >= 0.3 is 0 Å². The summed E-state index contributed by atoms with van der Waals surface area (Å²) in [5.41, 5.74) is 0. The van der Waals surface area contributed by atoms with Crippen LogP contribution in [0.15, 0.2) is 30.6 Å². The highest BCUT2D eigenvalue weighted by Crippen LogP contribution is 2.19. The van der Waals surface area contributed by atoms with Gasteiger partial charge in [-0.15, -0.1) is 0 Å². The monoisotopic (exact) mass is 212 g/mol. The summed E-state index contributed by atoms with van der Waals surface area (Å²) in [6, 6.07) is 5.44. The second kappa shape index (κ2) is 4.24. The van der Waals surface area contributed by atoms with Gasteiger partial charge in [-0.25, -0.2) is 0 Å². The zero-order chi connectivity index (χ0) is 10.8. The highest BCUT2D eigenvalue weighted by molar-refractivity contribution is 4.85. The molecule has 5 nitrogen and oxygen atoms in total. The van der Waals surface area contributed by atoms with Gasteiger partial charge in [-0.1, -0.05) is 6.07 Å². The highest BCUT2D eigenvalue weighted by atomic mass is 16.5. The summed E-state index contributed by atoms with van der Waals surface area (Å²) in [7, 11) is 0. The summed E-state index contributed by atoms with van der Waals surface area (Å²) >= 11 is 0. The molecular formula is C10H14NO4+. The van der Waals surface area contributed by atoms with Crippen LogP contribution in [0, 0.1) is 0 Å². The van der Waals surface area contributed by atoms with E-state index < -0.39 is 24.5 Å². The molecule has 15 heavy (non-hydrogen) atoms. The third-order valence-electron chi connectivity index (χ3n) is 2.51. The topological polar surface area (TPSA) is 73.8 Å². The van der Waals surface area contributed by atoms with Crippen molar-refractivity contribution in [3.05, 3.63) is 30.6 Å². The predicted octanol–water partition coefficient (Wildman–Crippen LogP) is -1.41. The molecule has 0 spiro atoms. The molecule has 4 atom stereocenters. The lowest BCUT2D eigenvalue weighted by Crippen LogP contribution is -2.58. The molecule has 0 saturated carbocycles. The molecule has 1 saturated heterocycles. The van der Waals surface area contributed by atoms with Crippen molar-refractivity contribution < 1.29 is 24.6 Å². The molecule has 5 heteroatoms. The molecule has 0 aromatic carbocycles. The van der Waals surface area contributed by atoms with Gasteiger partial charge < -0.3 is 20.1 Å². The molecule has 1 aliphatic heterocycles. The number of aliphatic hydroxyl groups is 3. The van der Waals surface area contributed by atoms with Gasteiger partial charge in [-0.2, -0.15) is 4.57 Å². The largest absolute Gasteiger partial charge is 0.388 e. The van der Waals surface area contributed by atoms with Crippen molar-refractivity contribution in [3.8, 4) is 0 Å². The van der Waals surface area contributed by atoms with E-state index in [1.165, 1.54) is 0 Å². The maximum Gasteiger partial charge on any atom is 0.291 e. The van der Waals surface area contributed by atoms with E-state index in [4.69, 9.17) is 4.74 Å². The van der Waals surface area contributed by atoms with Crippen molar-refractivity contribution in [3.63, 3.8) is 0 Å². The van der Waals surface area contributed by atoms with Crippen LogP contribution in [0.4, 0.5) is 0 Å². The van der Waals surface area contributed by atoms with Crippen LogP contribution in [0.2, 0.25) is 0 Å². The van der Waals surface area contributed by atoms with Crippen LogP contribution < -0.4 is 4.57 Å². The minimum absolute atomic E-state index is 0.0186. The van der Waals surface area contributed by atoms with E-state index in [9.17, 15) is 15.3 Å². The zero-order valence-electron chi connectivity index (χ0n) is 8.10. The van der Waals surface area contributed by atoms with E-state index in [-0.39, 0.29) is 6.61 Å². The standard InChI is InChI=1S/C10H14NO4/c12-7-6-15-10(9(14)8(7)13)11-4-2-1-3-5-11/h1-5,7-10,12-14H,6H2/q+1/t7-,8+,9-,10-/m1/s1. The van der Waals surface area contributed by atoms with Gasteiger partial charge in [0.1, 0.15) is 12.2 Å². The van der Waals surface area contributed by atoms with Gasteiger partial charge in [-0.05, 0) is 0 Å². The van der Waals surface area contributed by atoms with E-state index in [1.807, 2.05) is 6.07 Å². The van der Waals surface area contributed by atoms with Crippen LogP contribution in [-0.4, -0.2) is 40.2 Å². The Hall–Kier alpha value is -1.01. The van der Waals surface area contributed by atoms with Crippen LogP contribution in [-0.2, 0) is 4.74 Å². The fourth-order valence-electron chi connectivity index (χ4n) is 1.63. The Bertz CT molecular complexity index is 318. The molecule has 1 aromatic rings. The molecule has 1 aromatic heterocycles. The SMILES string of the molecule is O[C@@H]1[C@@H](O)[C@H]([n+]2ccccc2)OC[C@H]1O. The lowest BCUT2D eigenvalue weighted by Gasteiger charge is -2.31. The molecule has 0 unspecified atom stereocenters. The average molecular weight is 212 g/mol. The number of aliphatic hydroxyl groups excluding tert-OH is 3. The molecule has 0 aliphatic carbocycles. The number of hydrogen-bond acceptors (Lipinski definition) is 4. The number of ether oxygens (including phenoxy) is 1. The summed E-state index contributed by atoms with van der Waals surface area (Å²) in [4.78, 5) is 0. The molecule has 3 N–H and O–H groups in total. The molecule has 2 heterocycles. The first-order valence-corrected chi connectivity index (χ1v) is 4.82. The minimum Gasteiger partial charge on any atom is -0.388 e. The van der Waals surface area contributed by atoms with E-state index in [2.05, 4.69) is 0 Å². The predicted molar refractivity (Wildman–Crippen MR) is 49.6 cm³/mol. The first-order chi connectivity index (χ1) is 7.20. The van der Waals surface area contributed by atoms with Crippen molar-refractivity contribution >= 4 is 0 Å². The summed E-state index contributed by atoms with van der Waals surface area (Å²) in [5, 5.41) is 28.5. The Morgan fingerprint density at radius 3 is 2.33 bits per heavy atom. The van der Waals surface area contributed by atoms with Crippen molar-refractivity contribution in [1.82, 2.24) is 0 Å². The first kappa shape index (κ1) is 10.5. The average Bonchev–Trinajstić information content (AvgIpc) is 2.27. The van der Waals surface area contributed by atoms with Gasteiger partial charge in [0.25, 0.3) is 6.23 Å². The Balaban J connectivity index is 2.17. The van der Waals surface area contributed by atoms with Crippen molar-refractivity contribution in [2.24, 2.45) is 0 Å². The van der Waals surface area contributed by atoms with Crippen LogP contribution >= 0.6 is 0 Å². The van der Waals surface area contributed by atoms with Gasteiger partial charge in [0.15, 0.2) is 18.5 Å². The number of hydrogen-bond donors (Lipinski definition) is 3. The third-order valence-corrected chi connectivity index (χ3v) is 2.51. The Morgan fingerprint density at radius 1 is 1.00 bits per heavy atom. The van der Waals surface area contributed by atoms with Crippen molar-refractivity contribution in [1.29, 1.82) is 0 Å². The first-order valence-electron chi connectivity index (χ1n) is 4.82. The fraction of sp³-hybridized carbons (Fsp3) is 0.500. The van der Waals surface area contributed by atoms with Gasteiger partial charge in [0, 0.05) is 12.1 Å². The second-order valence-electron chi connectivity index (χ2n) is 3.60. The molecule has 1 fully saturated rings. The van der Waals surface area contributed by atoms with E-state index in [0.29, 0.717) is 0 Å². The van der Waals surface area contributed by atoms with Crippen LogP contribution in [0.1, 0.15) is 6.23 Å². The minimum atomic E-state index is -1.17. The lowest BCUT2D eigenvalue weighted by molar-refractivity contribution is -0.775. The molecular weight excluding hydrogens is 198 g/mol. The number of aromatic nitrogens is 1. The Labute approximate surface area is 87.2 Å². The Kier molecular flexibility index (Phi) is 2.97. The summed E-state index contributed by atoms with van der Waals surface area (Å²) < 4.78 is 6.91. The smallest absolute Gasteiger partial charge is 0.291 e.